The van der Waals surface area contributed by atoms with Crippen LogP contribution >= 0.6 is 0 Å². The number of benzene rings is 1. The van der Waals surface area contributed by atoms with Crippen molar-refractivity contribution < 1.29 is 35.4 Å². The Morgan fingerprint density at radius 1 is 1.35 bits per heavy atom. The van der Waals surface area contributed by atoms with E-state index in [2.05, 4.69) is 4.18 Å². The lowest BCUT2D eigenvalue weighted by atomic mass is 10.2. The van der Waals surface area contributed by atoms with Gasteiger partial charge in [-0.1, -0.05) is 6.07 Å². The van der Waals surface area contributed by atoms with E-state index in [0.717, 1.165) is 18.2 Å². The van der Waals surface area contributed by atoms with E-state index in [1.807, 2.05) is 0 Å². The summed E-state index contributed by atoms with van der Waals surface area (Å²) in [6, 6.07) is 2.78. The van der Waals surface area contributed by atoms with Gasteiger partial charge in [-0.05, 0) is 11.6 Å². The quantitative estimate of drug-likeness (QED) is 0.357. The Balaban J connectivity index is 3.23. The van der Waals surface area contributed by atoms with Crippen molar-refractivity contribution in [1.82, 2.24) is 0 Å². The van der Waals surface area contributed by atoms with Crippen molar-refractivity contribution >= 4 is 15.8 Å². The van der Waals surface area contributed by atoms with Crippen LogP contribution in [0.3, 0.4) is 0 Å². The van der Waals surface area contributed by atoms with Gasteiger partial charge in [0.1, 0.15) is 0 Å². The minimum Gasteiger partial charge on any atom is -0.380 e. The number of alkyl halides is 3. The molecule has 0 saturated heterocycles. The molecule has 0 amide bonds. The molecule has 0 spiro atoms. The molecule has 0 aliphatic rings. The molecule has 0 aliphatic heterocycles. The summed E-state index contributed by atoms with van der Waals surface area (Å²) in [5.41, 5.74) is -6.31. The van der Waals surface area contributed by atoms with E-state index in [1.54, 1.807) is 0 Å². The summed E-state index contributed by atoms with van der Waals surface area (Å²) in [6.45, 7) is -0.0346. The van der Waals surface area contributed by atoms with Crippen LogP contribution in [-0.4, -0.2) is 26.0 Å². The maximum absolute atomic E-state index is 12.1. The number of methoxy groups -OCH3 is 1. The molecule has 20 heavy (non-hydrogen) atoms. The van der Waals surface area contributed by atoms with Crippen molar-refractivity contribution in [2.45, 2.75) is 12.1 Å². The van der Waals surface area contributed by atoms with Crippen LogP contribution < -0.4 is 4.18 Å². The van der Waals surface area contributed by atoms with Gasteiger partial charge in [-0.2, -0.15) is 21.6 Å². The van der Waals surface area contributed by atoms with E-state index in [-0.39, 0.29) is 12.2 Å². The average molecular weight is 315 g/mol. The number of nitrogens with zero attached hydrogens (tertiary/aromatic N) is 1. The second kappa shape index (κ2) is 5.63. The number of rotatable bonds is 5. The molecule has 0 fully saturated rings. The molecule has 0 aliphatic carbocycles. The summed E-state index contributed by atoms with van der Waals surface area (Å²) in [6.07, 6.45) is 0. The van der Waals surface area contributed by atoms with Crippen LogP contribution in [0, 0.1) is 10.1 Å². The van der Waals surface area contributed by atoms with Gasteiger partial charge in [0, 0.05) is 13.2 Å². The lowest BCUT2D eigenvalue weighted by Crippen LogP contribution is -2.28. The molecule has 0 atom stereocenters. The van der Waals surface area contributed by atoms with Crippen molar-refractivity contribution in [3.63, 3.8) is 0 Å². The maximum atomic E-state index is 12.1. The SMILES string of the molecule is COCc1ccc(OS(=O)(=O)C(F)(F)F)c([N+](=O)[O-])c1. The third kappa shape index (κ3) is 3.57. The van der Waals surface area contributed by atoms with E-state index in [0.29, 0.717) is 0 Å². The highest BCUT2D eigenvalue weighted by Gasteiger charge is 2.49. The fourth-order valence-corrected chi connectivity index (χ4v) is 1.67. The van der Waals surface area contributed by atoms with Crippen molar-refractivity contribution in [2.24, 2.45) is 0 Å². The zero-order valence-corrected chi connectivity index (χ0v) is 10.7. The monoisotopic (exact) mass is 315 g/mol. The minimum absolute atomic E-state index is 0.0346. The summed E-state index contributed by atoms with van der Waals surface area (Å²) >= 11 is 0. The Bertz CT molecular complexity index is 613. The molecule has 0 bridgehead atoms. The standard InChI is InChI=1S/C9H8F3NO6S/c1-18-5-6-2-3-8(7(4-6)13(14)15)19-20(16,17)9(10,11)12/h2-4H,5H2,1H3. The Labute approximate surface area is 111 Å². The van der Waals surface area contributed by atoms with Crippen LogP contribution in [0.2, 0.25) is 0 Å². The molecule has 0 unspecified atom stereocenters. The van der Waals surface area contributed by atoms with Crippen LogP contribution in [-0.2, 0) is 21.5 Å². The summed E-state index contributed by atoms with van der Waals surface area (Å²) in [5.74, 6) is -1.02. The zero-order valence-electron chi connectivity index (χ0n) is 9.88. The van der Waals surface area contributed by atoms with Crippen molar-refractivity contribution in [3.8, 4) is 5.75 Å². The highest BCUT2D eigenvalue weighted by atomic mass is 32.2. The number of hydrogen-bond acceptors (Lipinski definition) is 6. The van der Waals surface area contributed by atoms with Crippen LogP contribution in [0.5, 0.6) is 5.75 Å². The van der Waals surface area contributed by atoms with Gasteiger partial charge in [0.25, 0.3) is 0 Å². The van der Waals surface area contributed by atoms with Gasteiger partial charge >= 0.3 is 21.3 Å². The Hall–Kier alpha value is -1.88. The van der Waals surface area contributed by atoms with Crippen LogP contribution in [0.25, 0.3) is 0 Å². The molecule has 0 N–H and O–H groups in total. The van der Waals surface area contributed by atoms with Gasteiger partial charge in [0.05, 0.1) is 11.5 Å². The summed E-state index contributed by atoms with van der Waals surface area (Å²) < 4.78 is 66.5. The zero-order chi connectivity index (χ0) is 15.6. The van der Waals surface area contributed by atoms with Crippen molar-refractivity contribution in [3.05, 3.63) is 33.9 Å². The van der Waals surface area contributed by atoms with Gasteiger partial charge in [0.2, 0.25) is 5.75 Å². The van der Waals surface area contributed by atoms with Gasteiger partial charge < -0.3 is 8.92 Å². The lowest BCUT2D eigenvalue weighted by Gasteiger charge is -2.10. The molecule has 0 heterocycles. The summed E-state index contributed by atoms with van der Waals surface area (Å²) in [7, 11) is -4.66. The first kappa shape index (κ1) is 16.2. The van der Waals surface area contributed by atoms with E-state index in [1.165, 1.54) is 7.11 Å². The average Bonchev–Trinajstić information content (AvgIpc) is 2.29. The fourth-order valence-electron chi connectivity index (χ4n) is 1.20. The number of halogens is 3. The molecule has 0 saturated carbocycles. The molecule has 7 nitrogen and oxygen atoms in total. The normalized spacial score (nSPS) is 12.2. The number of ether oxygens (including phenoxy) is 1. The third-order valence-electron chi connectivity index (χ3n) is 2.01. The maximum Gasteiger partial charge on any atom is 0.534 e. The smallest absolute Gasteiger partial charge is 0.380 e. The number of nitro groups is 1. The largest absolute Gasteiger partial charge is 0.534 e. The first-order valence-electron chi connectivity index (χ1n) is 4.85. The lowest BCUT2D eigenvalue weighted by molar-refractivity contribution is -0.385. The molecule has 11 heteroatoms. The fraction of sp³-hybridized carbons (Fsp3) is 0.333. The van der Waals surface area contributed by atoms with E-state index in [9.17, 15) is 31.7 Å². The van der Waals surface area contributed by atoms with Crippen LogP contribution in [0.1, 0.15) is 5.56 Å². The molecular weight excluding hydrogens is 307 g/mol. The first-order chi connectivity index (χ1) is 9.08. The van der Waals surface area contributed by atoms with Gasteiger partial charge in [-0.25, -0.2) is 0 Å². The Morgan fingerprint density at radius 2 is 1.95 bits per heavy atom. The summed E-state index contributed by atoms with van der Waals surface area (Å²) in [5, 5.41) is 10.7. The van der Waals surface area contributed by atoms with Gasteiger partial charge in [0.15, 0.2) is 0 Å². The van der Waals surface area contributed by atoms with E-state index >= 15 is 0 Å². The van der Waals surface area contributed by atoms with Gasteiger partial charge in [-0.15, -0.1) is 0 Å². The van der Waals surface area contributed by atoms with E-state index in [4.69, 9.17) is 4.74 Å². The Morgan fingerprint density at radius 3 is 2.40 bits per heavy atom. The Kier molecular flexibility index (Phi) is 4.55. The van der Waals surface area contributed by atoms with Crippen LogP contribution in [0.4, 0.5) is 18.9 Å². The summed E-state index contributed by atoms with van der Waals surface area (Å²) in [4.78, 5) is 9.67. The highest BCUT2D eigenvalue weighted by molar-refractivity contribution is 7.88. The van der Waals surface area contributed by atoms with E-state index < -0.39 is 32.0 Å². The topological polar surface area (TPSA) is 95.7 Å². The molecule has 0 radical (unpaired) electrons. The molecule has 0 aromatic heterocycles. The molecule has 1 rings (SSSR count). The van der Waals surface area contributed by atoms with Crippen LogP contribution in [0.15, 0.2) is 18.2 Å². The molecule has 1 aromatic carbocycles. The van der Waals surface area contributed by atoms with Gasteiger partial charge in [-0.3, -0.25) is 10.1 Å². The molecular formula is C9H8F3NO6S. The first-order valence-corrected chi connectivity index (χ1v) is 6.26. The predicted octanol–water partition coefficient (Wildman–Crippen LogP) is 1.97. The highest BCUT2D eigenvalue weighted by Crippen LogP contribution is 2.33. The second-order valence-electron chi connectivity index (χ2n) is 3.48. The molecule has 112 valence electrons. The van der Waals surface area contributed by atoms with Crippen molar-refractivity contribution in [2.75, 3.05) is 7.11 Å². The molecule has 1 aromatic rings. The predicted molar refractivity (Wildman–Crippen MR) is 59.4 cm³/mol. The second-order valence-corrected chi connectivity index (χ2v) is 5.01. The van der Waals surface area contributed by atoms with Crippen molar-refractivity contribution in [1.29, 1.82) is 0 Å². The third-order valence-corrected chi connectivity index (χ3v) is 2.98. The number of hydrogen-bond donors (Lipinski definition) is 0. The number of nitro benzene ring substituents is 1. The minimum atomic E-state index is -5.97.